The Hall–Kier alpha value is -1.06. The summed E-state index contributed by atoms with van der Waals surface area (Å²) in [6, 6.07) is -0.335. The first-order valence-electron chi connectivity index (χ1n) is 6.37. The zero-order valence-electron chi connectivity index (χ0n) is 11.7. The van der Waals surface area contributed by atoms with Crippen molar-refractivity contribution in [2.24, 2.45) is 5.92 Å². The zero-order chi connectivity index (χ0) is 13.4. The van der Waals surface area contributed by atoms with Crippen LogP contribution < -0.4 is 5.32 Å². The largest absolute Gasteiger partial charge is 0.342 e. The molecule has 0 aromatic rings. The molecule has 0 spiro atoms. The second-order valence-corrected chi connectivity index (χ2v) is 5.70. The average Bonchev–Trinajstić information content (AvgIpc) is 2.21. The first-order valence-corrected chi connectivity index (χ1v) is 6.37. The van der Waals surface area contributed by atoms with E-state index in [1.165, 1.54) is 0 Å². The smallest absolute Gasteiger partial charge is 0.246 e. The van der Waals surface area contributed by atoms with Gasteiger partial charge in [-0.1, -0.05) is 20.3 Å². The van der Waals surface area contributed by atoms with E-state index in [1.54, 1.807) is 18.7 Å². The van der Waals surface area contributed by atoms with E-state index in [9.17, 15) is 9.59 Å². The molecule has 0 aromatic carbocycles. The Kier molecular flexibility index (Phi) is 3.84. The van der Waals surface area contributed by atoms with Gasteiger partial charge in [-0.3, -0.25) is 9.59 Å². The summed E-state index contributed by atoms with van der Waals surface area (Å²) in [5.74, 6) is 0.152. The number of nitrogens with zero attached hydrogens (tertiary/aromatic N) is 1. The summed E-state index contributed by atoms with van der Waals surface area (Å²) < 4.78 is 0. The van der Waals surface area contributed by atoms with Crippen LogP contribution in [0.5, 0.6) is 0 Å². The van der Waals surface area contributed by atoms with Gasteiger partial charge in [0.25, 0.3) is 0 Å². The van der Waals surface area contributed by atoms with Crippen LogP contribution in [0.15, 0.2) is 0 Å². The van der Waals surface area contributed by atoms with Crippen molar-refractivity contribution in [3.05, 3.63) is 0 Å². The molecule has 2 unspecified atom stereocenters. The molecule has 1 aliphatic rings. The molecule has 1 aliphatic heterocycles. The fourth-order valence-electron chi connectivity index (χ4n) is 2.44. The molecular weight excluding hydrogens is 216 g/mol. The summed E-state index contributed by atoms with van der Waals surface area (Å²) in [4.78, 5) is 26.3. The van der Waals surface area contributed by atoms with Gasteiger partial charge in [0.15, 0.2) is 0 Å². The lowest BCUT2D eigenvalue weighted by Gasteiger charge is -2.47. The highest BCUT2D eigenvalue weighted by Gasteiger charge is 2.48. The van der Waals surface area contributed by atoms with Gasteiger partial charge in [0.05, 0.1) is 0 Å². The molecule has 17 heavy (non-hydrogen) atoms. The zero-order valence-corrected chi connectivity index (χ0v) is 11.7. The molecule has 2 atom stereocenters. The van der Waals surface area contributed by atoms with E-state index in [2.05, 4.69) is 5.32 Å². The highest BCUT2D eigenvalue weighted by atomic mass is 16.2. The van der Waals surface area contributed by atoms with Gasteiger partial charge in [0, 0.05) is 6.04 Å². The van der Waals surface area contributed by atoms with Crippen LogP contribution in [0, 0.1) is 5.92 Å². The summed E-state index contributed by atoms with van der Waals surface area (Å²) >= 11 is 0. The Morgan fingerprint density at radius 3 is 2.24 bits per heavy atom. The normalized spacial score (nSPS) is 26.1. The number of hydrogen-bond donors (Lipinski definition) is 1. The number of hydrogen-bond acceptors (Lipinski definition) is 2. The number of piperazine rings is 1. The summed E-state index contributed by atoms with van der Waals surface area (Å²) in [7, 11) is 0. The maximum atomic E-state index is 12.4. The minimum absolute atomic E-state index is 0.0371. The Morgan fingerprint density at radius 2 is 1.82 bits per heavy atom. The van der Waals surface area contributed by atoms with Gasteiger partial charge in [-0.25, -0.2) is 0 Å². The van der Waals surface area contributed by atoms with Gasteiger partial charge in [-0.15, -0.1) is 0 Å². The summed E-state index contributed by atoms with van der Waals surface area (Å²) in [6.07, 6.45) is 0.878. The quantitative estimate of drug-likeness (QED) is 0.813. The number of carbonyl (C=O) groups is 2. The first-order chi connectivity index (χ1) is 7.73. The molecule has 1 saturated heterocycles. The van der Waals surface area contributed by atoms with E-state index < -0.39 is 5.54 Å². The number of nitrogens with one attached hydrogen (secondary N) is 1. The van der Waals surface area contributed by atoms with Crippen molar-refractivity contribution in [3.8, 4) is 0 Å². The first kappa shape index (κ1) is 14.0. The van der Waals surface area contributed by atoms with Gasteiger partial charge in [0.2, 0.25) is 11.8 Å². The Morgan fingerprint density at radius 1 is 1.29 bits per heavy atom. The van der Waals surface area contributed by atoms with E-state index in [4.69, 9.17) is 0 Å². The monoisotopic (exact) mass is 240 g/mol. The highest BCUT2D eigenvalue weighted by Crippen LogP contribution is 2.26. The van der Waals surface area contributed by atoms with Gasteiger partial charge in [-0.2, -0.15) is 0 Å². The molecule has 2 amide bonds. The fraction of sp³-hybridized carbons (Fsp3) is 0.846. The van der Waals surface area contributed by atoms with Crippen molar-refractivity contribution in [1.29, 1.82) is 0 Å². The van der Waals surface area contributed by atoms with Gasteiger partial charge in [-0.05, 0) is 33.6 Å². The van der Waals surface area contributed by atoms with Crippen LogP contribution in [0.1, 0.15) is 48.0 Å². The van der Waals surface area contributed by atoms with Crippen LogP contribution in [0.2, 0.25) is 0 Å². The predicted molar refractivity (Wildman–Crippen MR) is 67.4 cm³/mol. The number of carbonyl (C=O) groups excluding carboxylic acids is 2. The lowest BCUT2D eigenvalue weighted by atomic mass is 9.88. The van der Waals surface area contributed by atoms with Crippen LogP contribution in [-0.4, -0.2) is 34.3 Å². The second-order valence-electron chi connectivity index (χ2n) is 5.70. The maximum absolute atomic E-state index is 12.4. The molecule has 0 aliphatic carbocycles. The van der Waals surface area contributed by atoms with E-state index in [-0.39, 0.29) is 29.8 Å². The summed E-state index contributed by atoms with van der Waals surface area (Å²) in [5, 5.41) is 2.86. The van der Waals surface area contributed by atoms with Crippen molar-refractivity contribution < 1.29 is 9.59 Å². The van der Waals surface area contributed by atoms with Crippen LogP contribution in [0.3, 0.4) is 0 Å². The second kappa shape index (κ2) is 4.67. The highest BCUT2D eigenvalue weighted by molar-refractivity contribution is 5.99. The predicted octanol–water partition coefficient (Wildman–Crippen LogP) is 1.55. The molecule has 98 valence electrons. The van der Waals surface area contributed by atoms with E-state index in [1.807, 2.05) is 27.7 Å². The Balaban J connectivity index is 3.07. The standard InChI is InChI=1S/C13H24N2O2/c1-7-9(4)10-11(16)15(8(2)3)13(5,6)12(17)14-10/h8-10H,7H2,1-6H3,(H,14,17). The van der Waals surface area contributed by atoms with Crippen molar-refractivity contribution in [2.45, 2.75) is 65.6 Å². The molecule has 1 rings (SSSR count). The molecule has 0 aromatic heterocycles. The van der Waals surface area contributed by atoms with Gasteiger partial charge < -0.3 is 10.2 Å². The molecular formula is C13H24N2O2. The maximum Gasteiger partial charge on any atom is 0.246 e. The van der Waals surface area contributed by atoms with Gasteiger partial charge >= 0.3 is 0 Å². The van der Waals surface area contributed by atoms with Crippen molar-refractivity contribution >= 4 is 11.8 Å². The molecule has 0 saturated carbocycles. The SMILES string of the molecule is CCC(C)C1NC(=O)C(C)(C)N(C(C)C)C1=O. The van der Waals surface area contributed by atoms with Crippen molar-refractivity contribution in [1.82, 2.24) is 10.2 Å². The molecule has 1 N–H and O–H groups in total. The topological polar surface area (TPSA) is 49.4 Å². The summed E-state index contributed by atoms with van der Waals surface area (Å²) in [6.45, 7) is 11.5. The molecule has 0 radical (unpaired) electrons. The molecule has 4 heteroatoms. The summed E-state index contributed by atoms with van der Waals surface area (Å²) in [5.41, 5.74) is -0.755. The van der Waals surface area contributed by atoms with E-state index in [0.717, 1.165) is 6.42 Å². The molecule has 4 nitrogen and oxygen atoms in total. The van der Waals surface area contributed by atoms with E-state index in [0.29, 0.717) is 0 Å². The number of amides is 2. The van der Waals surface area contributed by atoms with Crippen LogP contribution >= 0.6 is 0 Å². The third-order valence-corrected chi connectivity index (χ3v) is 3.68. The van der Waals surface area contributed by atoms with Crippen LogP contribution in [0.4, 0.5) is 0 Å². The van der Waals surface area contributed by atoms with Crippen molar-refractivity contribution in [2.75, 3.05) is 0 Å². The third-order valence-electron chi connectivity index (χ3n) is 3.68. The molecule has 1 heterocycles. The minimum Gasteiger partial charge on any atom is -0.342 e. The lowest BCUT2D eigenvalue weighted by molar-refractivity contribution is -0.159. The molecule has 1 fully saturated rings. The minimum atomic E-state index is -0.755. The van der Waals surface area contributed by atoms with E-state index >= 15 is 0 Å². The van der Waals surface area contributed by atoms with Crippen LogP contribution in [-0.2, 0) is 9.59 Å². The fourth-order valence-corrected chi connectivity index (χ4v) is 2.44. The Bertz CT molecular complexity index is 323. The Labute approximate surface area is 104 Å². The number of rotatable bonds is 3. The molecule has 0 bridgehead atoms. The average molecular weight is 240 g/mol. The lowest BCUT2D eigenvalue weighted by Crippen LogP contribution is -2.70. The van der Waals surface area contributed by atoms with Gasteiger partial charge in [0.1, 0.15) is 11.6 Å². The van der Waals surface area contributed by atoms with Crippen molar-refractivity contribution in [3.63, 3.8) is 0 Å². The van der Waals surface area contributed by atoms with Crippen LogP contribution in [0.25, 0.3) is 0 Å². The third kappa shape index (κ3) is 2.31.